The van der Waals surface area contributed by atoms with E-state index in [1.165, 1.54) is 19.2 Å². The second-order valence-corrected chi connectivity index (χ2v) is 5.87. The Morgan fingerprint density at radius 2 is 2.19 bits per heavy atom. The summed E-state index contributed by atoms with van der Waals surface area (Å²) in [6, 6.07) is 4.42. The highest BCUT2D eigenvalue weighted by Gasteiger charge is 2.21. The lowest BCUT2D eigenvalue weighted by Crippen LogP contribution is -2.13. The summed E-state index contributed by atoms with van der Waals surface area (Å²) >= 11 is 0. The van der Waals surface area contributed by atoms with Gasteiger partial charge in [-0.1, -0.05) is 0 Å². The first-order chi connectivity index (χ1) is 9.96. The number of sulfonamides is 1. The number of nitrogens with zero attached hydrogens (tertiary/aromatic N) is 1. The number of anilines is 1. The summed E-state index contributed by atoms with van der Waals surface area (Å²) in [4.78, 5) is 3.96. The van der Waals surface area contributed by atoms with E-state index in [4.69, 9.17) is 14.3 Å². The van der Waals surface area contributed by atoms with Crippen molar-refractivity contribution >= 4 is 15.7 Å². The molecule has 0 spiro atoms. The predicted molar refractivity (Wildman–Crippen MR) is 75.6 cm³/mol. The van der Waals surface area contributed by atoms with E-state index in [-0.39, 0.29) is 23.0 Å². The molecule has 0 radical (unpaired) electrons. The maximum atomic E-state index is 12.3. The molecule has 0 atom stereocenters. The van der Waals surface area contributed by atoms with Crippen LogP contribution < -0.4 is 9.46 Å². The zero-order valence-corrected chi connectivity index (χ0v) is 12.5. The van der Waals surface area contributed by atoms with E-state index in [1.807, 2.05) is 6.92 Å². The zero-order chi connectivity index (χ0) is 15.5. The maximum Gasteiger partial charge on any atom is 0.265 e. The number of hydrogen-bond acceptors (Lipinski definition) is 6. The van der Waals surface area contributed by atoms with Gasteiger partial charge in [-0.25, -0.2) is 13.4 Å². The molecular weight excluding hydrogens is 296 g/mol. The number of aromatic nitrogens is 1. The topological polar surface area (TPSA) is 102 Å². The Morgan fingerprint density at radius 1 is 1.43 bits per heavy atom. The van der Waals surface area contributed by atoms with Gasteiger partial charge >= 0.3 is 0 Å². The first kappa shape index (κ1) is 15.3. The molecule has 0 saturated carbocycles. The Bertz CT molecular complexity index is 707. The Balaban J connectivity index is 2.22. The van der Waals surface area contributed by atoms with Gasteiger partial charge in [0.25, 0.3) is 10.0 Å². The summed E-state index contributed by atoms with van der Waals surface area (Å²) < 4.78 is 37.2. The van der Waals surface area contributed by atoms with Gasteiger partial charge < -0.3 is 14.3 Å². The van der Waals surface area contributed by atoms with Gasteiger partial charge in [0, 0.05) is 12.1 Å². The Morgan fingerprint density at radius 3 is 2.71 bits per heavy atom. The average molecular weight is 312 g/mol. The van der Waals surface area contributed by atoms with Gasteiger partial charge in [-0.15, -0.1) is 0 Å². The van der Waals surface area contributed by atoms with E-state index in [0.717, 1.165) is 0 Å². The molecule has 7 nitrogen and oxygen atoms in total. The van der Waals surface area contributed by atoms with Crippen molar-refractivity contribution in [2.24, 2.45) is 0 Å². The van der Waals surface area contributed by atoms with Crippen molar-refractivity contribution < 1.29 is 22.7 Å². The van der Waals surface area contributed by atoms with Gasteiger partial charge in [-0.3, -0.25) is 4.72 Å². The fourth-order valence-electron chi connectivity index (χ4n) is 1.75. The van der Waals surface area contributed by atoms with E-state index >= 15 is 0 Å². The van der Waals surface area contributed by atoms with Crippen LogP contribution in [0.1, 0.15) is 18.4 Å². The molecule has 0 aliphatic rings. The number of furan rings is 1. The lowest BCUT2D eigenvalue weighted by Gasteiger charge is -2.07. The molecule has 2 heterocycles. The van der Waals surface area contributed by atoms with E-state index in [1.54, 1.807) is 12.1 Å². The maximum absolute atomic E-state index is 12.3. The van der Waals surface area contributed by atoms with E-state index in [2.05, 4.69) is 9.71 Å². The van der Waals surface area contributed by atoms with Crippen molar-refractivity contribution in [2.75, 3.05) is 11.3 Å². The third-order valence-corrected chi connectivity index (χ3v) is 4.14. The second kappa shape index (κ2) is 6.15. The van der Waals surface area contributed by atoms with Gasteiger partial charge in [-0.2, -0.15) is 0 Å². The minimum atomic E-state index is -3.79. The lowest BCUT2D eigenvalue weighted by molar-refractivity contribution is 0.245. The van der Waals surface area contributed by atoms with E-state index in [0.29, 0.717) is 18.2 Å². The SMILES string of the molecule is CCOc1ccc(NS(=O)(=O)c2cc(CO)oc2C)cn1. The van der Waals surface area contributed by atoms with E-state index in [9.17, 15) is 8.42 Å². The van der Waals surface area contributed by atoms with Gasteiger partial charge in [-0.05, 0) is 19.9 Å². The first-order valence-corrected chi connectivity index (χ1v) is 7.76. The summed E-state index contributed by atoms with van der Waals surface area (Å²) in [5.74, 6) is 0.825. The highest BCUT2D eigenvalue weighted by atomic mass is 32.2. The number of aryl methyl sites for hydroxylation is 1. The summed E-state index contributed by atoms with van der Waals surface area (Å²) in [5.41, 5.74) is 0.310. The molecule has 0 aliphatic heterocycles. The van der Waals surface area contributed by atoms with Crippen LogP contribution in [0.2, 0.25) is 0 Å². The molecule has 8 heteroatoms. The molecule has 0 aliphatic carbocycles. The normalized spacial score (nSPS) is 11.4. The van der Waals surface area contributed by atoms with Gasteiger partial charge in [0.05, 0.1) is 18.5 Å². The number of hydrogen-bond donors (Lipinski definition) is 2. The van der Waals surface area contributed by atoms with Gasteiger partial charge in [0.2, 0.25) is 5.88 Å². The molecule has 0 amide bonds. The Labute approximate surface area is 122 Å². The van der Waals surface area contributed by atoms with Crippen LogP contribution in [0.4, 0.5) is 5.69 Å². The Hall–Kier alpha value is -2.06. The molecule has 0 unspecified atom stereocenters. The molecule has 21 heavy (non-hydrogen) atoms. The van der Waals surface area contributed by atoms with Crippen LogP contribution >= 0.6 is 0 Å². The van der Waals surface area contributed by atoms with Crippen LogP contribution in [-0.2, 0) is 16.6 Å². The minimum Gasteiger partial charge on any atom is -0.478 e. The van der Waals surface area contributed by atoms with Crippen molar-refractivity contribution in [3.63, 3.8) is 0 Å². The molecule has 2 rings (SSSR count). The van der Waals surface area contributed by atoms with Gasteiger partial charge in [0.15, 0.2) is 0 Å². The lowest BCUT2D eigenvalue weighted by atomic mass is 10.4. The quantitative estimate of drug-likeness (QED) is 0.841. The standard InChI is InChI=1S/C13H16N2O5S/c1-3-19-13-5-4-10(7-14-13)15-21(17,18)12-6-11(8-16)20-9(12)2/h4-7,15-16H,3,8H2,1-2H3. The van der Waals surface area contributed by atoms with Crippen molar-refractivity contribution in [3.05, 3.63) is 35.9 Å². The zero-order valence-electron chi connectivity index (χ0n) is 11.7. The number of aliphatic hydroxyl groups excluding tert-OH is 1. The summed E-state index contributed by atoms with van der Waals surface area (Å²) in [7, 11) is -3.79. The molecule has 2 N–H and O–H groups in total. The molecule has 114 valence electrons. The predicted octanol–water partition coefficient (Wildman–Crippen LogP) is 1.67. The van der Waals surface area contributed by atoms with E-state index < -0.39 is 10.0 Å². The fraction of sp³-hybridized carbons (Fsp3) is 0.308. The summed E-state index contributed by atoms with van der Waals surface area (Å²) in [6.07, 6.45) is 1.37. The van der Waals surface area contributed by atoms with Crippen molar-refractivity contribution in [1.29, 1.82) is 0 Å². The van der Waals surface area contributed by atoms with Crippen molar-refractivity contribution in [3.8, 4) is 5.88 Å². The monoisotopic (exact) mass is 312 g/mol. The first-order valence-electron chi connectivity index (χ1n) is 6.28. The molecule has 2 aromatic rings. The van der Waals surface area contributed by atoms with Crippen molar-refractivity contribution in [2.45, 2.75) is 25.3 Å². The average Bonchev–Trinajstić information content (AvgIpc) is 2.83. The smallest absolute Gasteiger partial charge is 0.265 e. The van der Waals surface area contributed by atoms with Crippen LogP contribution in [0.25, 0.3) is 0 Å². The number of pyridine rings is 1. The highest BCUT2D eigenvalue weighted by molar-refractivity contribution is 7.92. The second-order valence-electron chi connectivity index (χ2n) is 4.21. The molecular formula is C13H16N2O5S. The van der Waals surface area contributed by atoms with Gasteiger partial charge in [0.1, 0.15) is 23.0 Å². The highest BCUT2D eigenvalue weighted by Crippen LogP contribution is 2.23. The molecule has 2 aromatic heterocycles. The summed E-state index contributed by atoms with van der Waals surface area (Å²) in [5, 5.41) is 8.98. The molecule has 0 saturated heterocycles. The number of aliphatic hydroxyl groups is 1. The minimum absolute atomic E-state index is 0.0135. The van der Waals surface area contributed by atoms with Crippen LogP contribution in [-0.4, -0.2) is 25.1 Å². The van der Waals surface area contributed by atoms with Crippen LogP contribution in [0.5, 0.6) is 5.88 Å². The third-order valence-electron chi connectivity index (χ3n) is 2.65. The Kier molecular flexibility index (Phi) is 4.49. The number of rotatable bonds is 6. The number of ether oxygens (including phenoxy) is 1. The molecule has 0 aromatic carbocycles. The fourth-order valence-corrected chi connectivity index (χ4v) is 3.00. The molecule has 0 bridgehead atoms. The van der Waals surface area contributed by atoms with Crippen molar-refractivity contribution in [1.82, 2.24) is 4.98 Å². The van der Waals surface area contributed by atoms with Crippen LogP contribution in [0.3, 0.4) is 0 Å². The number of nitrogens with one attached hydrogen (secondary N) is 1. The summed E-state index contributed by atoms with van der Waals surface area (Å²) in [6.45, 7) is 3.47. The van der Waals surface area contributed by atoms with Crippen LogP contribution in [0.15, 0.2) is 33.7 Å². The third kappa shape index (κ3) is 3.53. The van der Waals surface area contributed by atoms with Crippen LogP contribution in [0, 0.1) is 6.92 Å². The largest absolute Gasteiger partial charge is 0.478 e. The molecule has 0 fully saturated rings.